The van der Waals surface area contributed by atoms with Crippen LogP contribution in [0.4, 0.5) is 11.4 Å². The van der Waals surface area contributed by atoms with Crippen LogP contribution in [0.15, 0.2) is 53.4 Å². The molecule has 2 aromatic rings. The average molecular weight is 476 g/mol. The summed E-state index contributed by atoms with van der Waals surface area (Å²) >= 11 is 0. The van der Waals surface area contributed by atoms with Crippen molar-refractivity contribution in [3.8, 4) is 0 Å². The molecule has 3 rings (SSSR count). The molecule has 0 atom stereocenters. The molecular weight excluding hydrogens is 450 g/mol. The van der Waals surface area contributed by atoms with Crippen LogP contribution >= 0.6 is 0 Å². The number of non-ortho nitro benzene ring substituents is 1. The lowest BCUT2D eigenvalue weighted by atomic mass is 10.2. The number of hydrogen-bond donors (Lipinski definition) is 2. The number of nitro groups is 1. The lowest BCUT2D eigenvalue weighted by Gasteiger charge is -2.33. The number of piperazine rings is 1. The van der Waals surface area contributed by atoms with Gasteiger partial charge in [-0.2, -0.15) is 4.31 Å². The van der Waals surface area contributed by atoms with Gasteiger partial charge in [0.25, 0.3) is 5.69 Å². The predicted molar refractivity (Wildman–Crippen MR) is 121 cm³/mol. The summed E-state index contributed by atoms with van der Waals surface area (Å²) in [4.78, 5) is 36.1. The molecule has 0 aliphatic carbocycles. The molecule has 33 heavy (non-hydrogen) atoms. The number of carbonyl (C=O) groups is 2. The van der Waals surface area contributed by atoms with Crippen LogP contribution < -0.4 is 10.6 Å². The second-order valence-electron chi connectivity index (χ2n) is 7.57. The topological polar surface area (TPSA) is 142 Å². The number of nitrogens with one attached hydrogen (secondary N) is 2. The highest BCUT2D eigenvalue weighted by Gasteiger charge is 2.28. The fraction of sp³-hybridized carbons (Fsp3) is 0.333. The second-order valence-corrected chi connectivity index (χ2v) is 9.51. The quantitative estimate of drug-likeness (QED) is 0.345. The van der Waals surface area contributed by atoms with Gasteiger partial charge in [0.2, 0.25) is 10.0 Å². The molecule has 1 aliphatic heterocycles. The van der Waals surface area contributed by atoms with E-state index in [1.807, 2.05) is 24.0 Å². The third-order valence-corrected chi connectivity index (χ3v) is 7.16. The van der Waals surface area contributed by atoms with Gasteiger partial charge < -0.3 is 10.6 Å². The molecule has 2 aromatic carbocycles. The number of nitro benzene ring substituents is 1. The van der Waals surface area contributed by atoms with Gasteiger partial charge >= 0.3 is 11.8 Å². The fourth-order valence-electron chi connectivity index (χ4n) is 3.31. The van der Waals surface area contributed by atoms with E-state index in [1.54, 1.807) is 12.1 Å². The van der Waals surface area contributed by atoms with Crippen LogP contribution in [0.1, 0.15) is 5.56 Å². The molecule has 2 amide bonds. The Balaban J connectivity index is 1.42. The van der Waals surface area contributed by atoms with E-state index in [9.17, 15) is 28.1 Å². The summed E-state index contributed by atoms with van der Waals surface area (Å²) in [6, 6.07) is 11.9. The van der Waals surface area contributed by atoms with E-state index in [1.165, 1.54) is 28.6 Å². The Morgan fingerprint density at radius 1 is 0.970 bits per heavy atom. The number of amides is 2. The van der Waals surface area contributed by atoms with Crippen LogP contribution in [-0.4, -0.2) is 73.6 Å². The number of aryl methyl sites for hydroxylation is 1. The first-order chi connectivity index (χ1) is 15.7. The van der Waals surface area contributed by atoms with E-state index in [2.05, 4.69) is 10.6 Å². The van der Waals surface area contributed by atoms with E-state index in [0.717, 1.165) is 5.56 Å². The monoisotopic (exact) mass is 475 g/mol. The minimum absolute atomic E-state index is 0.00778. The molecule has 0 saturated carbocycles. The Hall–Kier alpha value is -3.35. The predicted octanol–water partition coefficient (Wildman–Crippen LogP) is 0.964. The van der Waals surface area contributed by atoms with Crippen LogP contribution in [0.25, 0.3) is 0 Å². The number of benzene rings is 2. The summed E-state index contributed by atoms with van der Waals surface area (Å²) in [7, 11) is -3.74. The molecule has 0 bridgehead atoms. The Labute approximate surface area is 191 Å². The van der Waals surface area contributed by atoms with Gasteiger partial charge in [-0.25, -0.2) is 8.42 Å². The number of nitrogens with zero attached hydrogens (tertiary/aromatic N) is 3. The van der Waals surface area contributed by atoms with E-state index in [0.29, 0.717) is 25.3 Å². The van der Waals surface area contributed by atoms with Crippen LogP contribution in [0.2, 0.25) is 0 Å². The number of carbonyl (C=O) groups excluding carboxylic acids is 2. The van der Waals surface area contributed by atoms with Crippen molar-refractivity contribution in [2.75, 3.05) is 44.6 Å². The highest BCUT2D eigenvalue weighted by atomic mass is 32.2. The fourth-order valence-corrected chi connectivity index (χ4v) is 4.74. The molecule has 1 fully saturated rings. The van der Waals surface area contributed by atoms with E-state index in [-0.39, 0.29) is 30.2 Å². The summed E-state index contributed by atoms with van der Waals surface area (Å²) in [6.45, 7) is 4.05. The lowest BCUT2D eigenvalue weighted by Crippen LogP contribution is -2.50. The van der Waals surface area contributed by atoms with Crippen molar-refractivity contribution in [2.24, 2.45) is 0 Å². The Kier molecular flexibility index (Phi) is 7.74. The van der Waals surface area contributed by atoms with Gasteiger partial charge in [-0.1, -0.05) is 17.7 Å². The summed E-state index contributed by atoms with van der Waals surface area (Å²) in [5, 5.41) is 15.8. The normalized spacial score (nSPS) is 15.1. The Morgan fingerprint density at radius 3 is 2.15 bits per heavy atom. The zero-order valence-electron chi connectivity index (χ0n) is 18.1. The SMILES string of the molecule is Cc1ccc(NC(=O)C(=O)NCCN2CCN(S(=O)(=O)c3ccc([N+](=O)[O-])cc3)CC2)cc1. The summed E-state index contributed by atoms with van der Waals surface area (Å²) in [5.41, 5.74) is 1.40. The summed E-state index contributed by atoms with van der Waals surface area (Å²) in [6.07, 6.45) is 0. The Morgan fingerprint density at radius 2 is 1.58 bits per heavy atom. The maximum absolute atomic E-state index is 12.8. The zero-order valence-corrected chi connectivity index (χ0v) is 18.9. The van der Waals surface area contributed by atoms with Crippen LogP contribution in [0.5, 0.6) is 0 Å². The molecule has 0 unspecified atom stereocenters. The smallest absolute Gasteiger partial charge is 0.313 e. The number of sulfonamides is 1. The highest BCUT2D eigenvalue weighted by molar-refractivity contribution is 7.89. The molecule has 12 heteroatoms. The van der Waals surface area contributed by atoms with Crippen LogP contribution in [0, 0.1) is 17.0 Å². The van der Waals surface area contributed by atoms with Gasteiger partial charge in [0.05, 0.1) is 9.82 Å². The maximum Gasteiger partial charge on any atom is 0.313 e. The first-order valence-electron chi connectivity index (χ1n) is 10.3. The van der Waals surface area contributed by atoms with Gasteiger partial charge in [0, 0.05) is 57.1 Å². The standard InChI is InChI=1S/C21H25N5O6S/c1-16-2-4-17(5-3-16)23-21(28)20(27)22-10-11-24-12-14-25(15-13-24)33(31,32)19-8-6-18(7-9-19)26(29)30/h2-9H,10-15H2,1H3,(H,22,27)(H,23,28). The first kappa shape index (κ1) is 24.3. The summed E-state index contributed by atoms with van der Waals surface area (Å²) in [5.74, 6) is -1.49. The van der Waals surface area contributed by atoms with Gasteiger partial charge in [-0.05, 0) is 31.2 Å². The molecule has 2 N–H and O–H groups in total. The zero-order chi connectivity index (χ0) is 24.0. The van der Waals surface area contributed by atoms with Crippen molar-refractivity contribution in [1.29, 1.82) is 0 Å². The van der Waals surface area contributed by atoms with Crippen LogP contribution in [-0.2, 0) is 19.6 Å². The molecule has 1 saturated heterocycles. The van der Waals surface area contributed by atoms with Crippen molar-refractivity contribution in [2.45, 2.75) is 11.8 Å². The van der Waals surface area contributed by atoms with Gasteiger partial charge in [-0.3, -0.25) is 24.6 Å². The molecular formula is C21H25N5O6S. The third kappa shape index (κ3) is 6.34. The Bertz CT molecular complexity index is 1110. The van der Waals surface area contributed by atoms with E-state index >= 15 is 0 Å². The molecule has 0 spiro atoms. The maximum atomic E-state index is 12.8. The molecule has 1 aliphatic rings. The van der Waals surface area contributed by atoms with Crippen molar-refractivity contribution in [3.63, 3.8) is 0 Å². The van der Waals surface area contributed by atoms with Crippen molar-refractivity contribution in [1.82, 2.24) is 14.5 Å². The van der Waals surface area contributed by atoms with Crippen LogP contribution in [0.3, 0.4) is 0 Å². The molecule has 176 valence electrons. The average Bonchev–Trinajstić information content (AvgIpc) is 2.81. The largest absolute Gasteiger partial charge is 0.347 e. The lowest BCUT2D eigenvalue weighted by molar-refractivity contribution is -0.384. The molecule has 0 aromatic heterocycles. The van der Waals surface area contributed by atoms with Crippen molar-refractivity contribution < 1.29 is 22.9 Å². The minimum Gasteiger partial charge on any atom is -0.347 e. The third-order valence-electron chi connectivity index (χ3n) is 5.25. The number of rotatable bonds is 7. The second kappa shape index (κ2) is 10.5. The molecule has 1 heterocycles. The van der Waals surface area contributed by atoms with Gasteiger partial charge in [0.1, 0.15) is 0 Å². The van der Waals surface area contributed by atoms with Gasteiger partial charge in [0.15, 0.2) is 0 Å². The van der Waals surface area contributed by atoms with Crippen molar-refractivity contribution in [3.05, 3.63) is 64.2 Å². The minimum atomic E-state index is -3.74. The van der Waals surface area contributed by atoms with Crippen molar-refractivity contribution >= 4 is 33.2 Å². The van der Waals surface area contributed by atoms with Gasteiger partial charge in [-0.15, -0.1) is 0 Å². The molecule has 11 nitrogen and oxygen atoms in total. The number of anilines is 1. The van der Waals surface area contributed by atoms with E-state index in [4.69, 9.17) is 0 Å². The first-order valence-corrected chi connectivity index (χ1v) is 11.7. The summed E-state index contributed by atoms with van der Waals surface area (Å²) < 4.78 is 26.8. The highest BCUT2D eigenvalue weighted by Crippen LogP contribution is 2.20. The molecule has 0 radical (unpaired) electrons. The number of hydrogen-bond acceptors (Lipinski definition) is 7. The van der Waals surface area contributed by atoms with E-state index < -0.39 is 26.8 Å².